The molecule has 2 rings (SSSR count). The Bertz CT molecular complexity index is 375. The van der Waals surface area contributed by atoms with Gasteiger partial charge in [-0.2, -0.15) is 0 Å². The first-order valence-electron chi connectivity index (χ1n) is 5.73. The molecule has 1 amide bonds. The molecule has 0 spiro atoms. The van der Waals surface area contributed by atoms with Gasteiger partial charge in [0.05, 0.1) is 4.88 Å². The van der Waals surface area contributed by atoms with Crippen LogP contribution < -0.4 is 5.32 Å². The lowest BCUT2D eigenvalue weighted by atomic mass is 9.87. The summed E-state index contributed by atoms with van der Waals surface area (Å²) in [5.41, 5.74) is 0. The van der Waals surface area contributed by atoms with E-state index in [0.717, 1.165) is 28.5 Å². The van der Waals surface area contributed by atoms with Crippen LogP contribution in [0, 0.1) is 5.92 Å². The summed E-state index contributed by atoms with van der Waals surface area (Å²) in [5.74, 6) is 0.798. The SMILES string of the molecule is CC1CCCC(NC(=O)c2cc(S)cs2)C1. The highest BCUT2D eigenvalue weighted by atomic mass is 32.1. The Morgan fingerprint density at radius 3 is 3.00 bits per heavy atom. The fourth-order valence-corrected chi connectivity index (χ4v) is 3.32. The van der Waals surface area contributed by atoms with Crippen LogP contribution in [0.3, 0.4) is 0 Å². The molecule has 2 unspecified atom stereocenters. The largest absolute Gasteiger partial charge is 0.349 e. The van der Waals surface area contributed by atoms with Gasteiger partial charge in [-0.1, -0.05) is 19.8 Å². The van der Waals surface area contributed by atoms with Gasteiger partial charge in [0.2, 0.25) is 0 Å². The summed E-state index contributed by atoms with van der Waals surface area (Å²) in [6.45, 7) is 2.26. The molecule has 16 heavy (non-hydrogen) atoms. The number of thiophene rings is 1. The number of rotatable bonds is 2. The fraction of sp³-hybridized carbons (Fsp3) is 0.583. The first-order chi connectivity index (χ1) is 7.65. The molecule has 2 atom stereocenters. The Kier molecular flexibility index (Phi) is 3.92. The van der Waals surface area contributed by atoms with Crippen LogP contribution in [0.5, 0.6) is 0 Å². The summed E-state index contributed by atoms with van der Waals surface area (Å²) in [5, 5.41) is 5.01. The minimum atomic E-state index is 0.0596. The fourth-order valence-electron chi connectivity index (χ4n) is 2.27. The summed E-state index contributed by atoms with van der Waals surface area (Å²) in [6.07, 6.45) is 4.76. The first-order valence-corrected chi connectivity index (χ1v) is 7.06. The number of carbonyl (C=O) groups is 1. The van der Waals surface area contributed by atoms with Crippen LogP contribution in [0.25, 0.3) is 0 Å². The van der Waals surface area contributed by atoms with Gasteiger partial charge < -0.3 is 5.32 Å². The predicted octanol–water partition coefficient (Wildman–Crippen LogP) is 3.35. The van der Waals surface area contributed by atoms with Crippen LogP contribution in [0.2, 0.25) is 0 Å². The minimum absolute atomic E-state index is 0.0596. The van der Waals surface area contributed by atoms with Crippen LogP contribution in [0.4, 0.5) is 0 Å². The maximum Gasteiger partial charge on any atom is 0.261 e. The van der Waals surface area contributed by atoms with Crippen LogP contribution >= 0.6 is 24.0 Å². The topological polar surface area (TPSA) is 29.1 Å². The Labute approximate surface area is 106 Å². The van der Waals surface area contributed by atoms with Crippen molar-refractivity contribution in [2.24, 2.45) is 5.92 Å². The van der Waals surface area contributed by atoms with E-state index in [1.54, 1.807) is 0 Å². The first kappa shape index (κ1) is 12.0. The van der Waals surface area contributed by atoms with Gasteiger partial charge in [0.15, 0.2) is 0 Å². The lowest BCUT2D eigenvalue weighted by molar-refractivity contribution is 0.0925. The third-order valence-electron chi connectivity index (χ3n) is 3.08. The molecule has 1 fully saturated rings. The van der Waals surface area contributed by atoms with Crippen molar-refractivity contribution in [1.82, 2.24) is 5.32 Å². The van der Waals surface area contributed by atoms with Crippen molar-refractivity contribution in [1.29, 1.82) is 0 Å². The summed E-state index contributed by atoms with van der Waals surface area (Å²) in [4.78, 5) is 13.5. The highest BCUT2D eigenvalue weighted by molar-refractivity contribution is 7.80. The van der Waals surface area contributed by atoms with Gasteiger partial charge in [-0.05, 0) is 24.8 Å². The molecular formula is C12H17NOS2. The maximum atomic E-state index is 11.9. The van der Waals surface area contributed by atoms with Crippen molar-refractivity contribution < 1.29 is 4.79 Å². The second-order valence-electron chi connectivity index (χ2n) is 4.61. The molecule has 4 heteroatoms. The number of amides is 1. The number of hydrogen-bond donors (Lipinski definition) is 2. The van der Waals surface area contributed by atoms with Crippen LogP contribution in [-0.2, 0) is 0 Å². The molecule has 88 valence electrons. The van der Waals surface area contributed by atoms with Gasteiger partial charge in [-0.15, -0.1) is 24.0 Å². The van der Waals surface area contributed by atoms with Crippen molar-refractivity contribution in [2.45, 2.75) is 43.5 Å². The predicted molar refractivity (Wildman–Crippen MR) is 70.5 cm³/mol. The third kappa shape index (κ3) is 3.01. The van der Waals surface area contributed by atoms with Gasteiger partial charge in [-0.25, -0.2) is 0 Å². The van der Waals surface area contributed by atoms with E-state index < -0.39 is 0 Å². The molecule has 0 radical (unpaired) electrons. The summed E-state index contributed by atoms with van der Waals surface area (Å²) < 4.78 is 0. The van der Waals surface area contributed by atoms with E-state index in [9.17, 15) is 4.79 Å². The molecule has 0 aromatic carbocycles. The van der Waals surface area contributed by atoms with Crippen molar-refractivity contribution >= 4 is 29.9 Å². The molecule has 1 aliphatic carbocycles. The van der Waals surface area contributed by atoms with Gasteiger partial charge in [-0.3, -0.25) is 4.79 Å². The number of nitrogens with one attached hydrogen (secondary N) is 1. The van der Waals surface area contributed by atoms with E-state index in [-0.39, 0.29) is 5.91 Å². The van der Waals surface area contributed by atoms with E-state index in [1.165, 1.54) is 24.2 Å². The second-order valence-corrected chi connectivity index (χ2v) is 6.04. The number of thiol groups is 1. The van der Waals surface area contributed by atoms with E-state index in [2.05, 4.69) is 24.9 Å². The van der Waals surface area contributed by atoms with Crippen molar-refractivity contribution in [2.75, 3.05) is 0 Å². The van der Waals surface area contributed by atoms with Gasteiger partial charge in [0.1, 0.15) is 0 Å². The highest BCUT2D eigenvalue weighted by Gasteiger charge is 2.21. The molecule has 1 aromatic rings. The molecule has 0 aliphatic heterocycles. The molecular weight excluding hydrogens is 238 g/mol. The zero-order valence-electron chi connectivity index (χ0n) is 9.40. The lowest BCUT2D eigenvalue weighted by Gasteiger charge is -2.27. The van der Waals surface area contributed by atoms with E-state index in [4.69, 9.17) is 0 Å². The normalized spacial score (nSPS) is 25.4. The summed E-state index contributed by atoms with van der Waals surface area (Å²) >= 11 is 5.67. The lowest BCUT2D eigenvalue weighted by Crippen LogP contribution is -2.37. The van der Waals surface area contributed by atoms with E-state index in [0.29, 0.717) is 6.04 Å². The molecule has 0 saturated heterocycles. The highest BCUT2D eigenvalue weighted by Crippen LogP contribution is 2.24. The van der Waals surface area contributed by atoms with E-state index >= 15 is 0 Å². The maximum absolute atomic E-state index is 11.9. The van der Waals surface area contributed by atoms with Gasteiger partial charge >= 0.3 is 0 Å². The van der Waals surface area contributed by atoms with Crippen molar-refractivity contribution in [3.8, 4) is 0 Å². The second kappa shape index (κ2) is 5.23. The van der Waals surface area contributed by atoms with Crippen molar-refractivity contribution in [3.63, 3.8) is 0 Å². The molecule has 1 heterocycles. The quantitative estimate of drug-likeness (QED) is 0.780. The molecule has 1 aliphatic rings. The standard InChI is InChI=1S/C12H17NOS2/c1-8-3-2-4-9(5-8)13-12(14)11-6-10(15)7-16-11/h6-9,15H,2-5H2,1H3,(H,13,14). The molecule has 1 aromatic heterocycles. The number of hydrogen-bond acceptors (Lipinski definition) is 3. The Hall–Kier alpha value is -0.480. The minimum Gasteiger partial charge on any atom is -0.349 e. The summed E-state index contributed by atoms with van der Waals surface area (Å²) in [7, 11) is 0. The van der Waals surface area contributed by atoms with Crippen LogP contribution in [0.1, 0.15) is 42.3 Å². The van der Waals surface area contributed by atoms with Gasteiger partial charge in [0.25, 0.3) is 5.91 Å². The monoisotopic (exact) mass is 255 g/mol. The third-order valence-corrected chi connectivity index (χ3v) is 4.44. The average Bonchev–Trinajstić information content (AvgIpc) is 2.65. The zero-order chi connectivity index (χ0) is 11.5. The van der Waals surface area contributed by atoms with Crippen LogP contribution in [0.15, 0.2) is 16.3 Å². The summed E-state index contributed by atoms with van der Waals surface area (Å²) in [6, 6.07) is 2.19. The average molecular weight is 255 g/mol. The Morgan fingerprint density at radius 2 is 2.38 bits per heavy atom. The molecule has 1 N–H and O–H groups in total. The zero-order valence-corrected chi connectivity index (χ0v) is 11.1. The van der Waals surface area contributed by atoms with Gasteiger partial charge in [0, 0.05) is 16.3 Å². The molecule has 1 saturated carbocycles. The van der Waals surface area contributed by atoms with E-state index in [1.807, 2.05) is 11.4 Å². The molecule has 2 nitrogen and oxygen atoms in total. The van der Waals surface area contributed by atoms with Crippen molar-refractivity contribution in [3.05, 3.63) is 16.3 Å². The smallest absolute Gasteiger partial charge is 0.261 e. The molecule has 0 bridgehead atoms. The van der Waals surface area contributed by atoms with Crippen LogP contribution in [-0.4, -0.2) is 11.9 Å². The Morgan fingerprint density at radius 1 is 1.56 bits per heavy atom. The number of carbonyl (C=O) groups excluding carboxylic acids is 1. The Balaban J connectivity index is 1.92.